The Kier molecular flexibility index (Phi) is 2.95. The van der Waals surface area contributed by atoms with E-state index < -0.39 is 0 Å². The van der Waals surface area contributed by atoms with Crippen molar-refractivity contribution in [3.63, 3.8) is 0 Å². The summed E-state index contributed by atoms with van der Waals surface area (Å²) in [6.45, 7) is 0. The van der Waals surface area contributed by atoms with Crippen molar-refractivity contribution in [1.82, 2.24) is 4.98 Å². The van der Waals surface area contributed by atoms with E-state index in [1.54, 1.807) is 6.07 Å². The van der Waals surface area contributed by atoms with Crippen LogP contribution >= 0.6 is 15.9 Å². The highest BCUT2D eigenvalue weighted by molar-refractivity contribution is 9.10. The highest BCUT2D eigenvalue weighted by Crippen LogP contribution is 2.38. The van der Waals surface area contributed by atoms with Crippen LogP contribution in [0, 0.1) is 5.82 Å². The van der Waals surface area contributed by atoms with Gasteiger partial charge in [-0.25, -0.2) is 4.39 Å². The maximum absolute atomic E-state index is 13.5. The van der Waals surface area contributed by atoms with Gasteiger partial charge in [-0.3, -0.25) is 0 Å². The lowest BCUT2D eigenvalue weighted by Gasteiger charge is -2.21. The van der Waals surface area contributed by atoms with Crippen molar-refractivity contribution in [1.29, 1.82) is 0 Å². The fraction of sp³-hybridized carbons (Fsp3) is 0.429. The summed E-state index contributed by atoms with van der Waals surface area (Å²) in [6.07, 6.45) is 8.48. The predicted molar refractivity (Wildman–Crippen MR) is 71.8 cm³/mol. The monoisotopic (exact) mass is 295 g/mol. The van der Waals surface area contributed by atoms with Crippen LogP contribution in [-0.2, 0) is 0 Å². The van der Waals surface area contributed by atoms with Crippen LogP contribution in [0.3, 0.4) is 0 Å². The summed E-state index contributed by atoms with van der Waals surface area (Å²) in [6, 6.07) is 3.17. The summed E-state index contributed by atoms with van der Waals surface area (Å²) >= 11 is 3.41. The molecular weight excluding hydrogens is 281 g/mol. The van der Waals surface area contributed by atoms with Crippen LogP contribution in [0.2, 0.25) is 0 Å². The zero-order chi connectivity index (χ0) is 11.8. The standard InChI is InChI=1S/C14H15BrFN/c15-13-7-10(16)6-11-12(8-17-14(11)13)9-4-2-1-3-5-9/h6-9,17H,1-5H2. The lowest BCUT2D eigenvalue weighted by molar-refractivity contribution is 0.445. The minimum Gasteiger partial charge on any atom is -0.360 e. The Morgan fingerprint density at radius 1 is 1.18 bits per heavy atom. The van der Waals surface area contributed by atoms with Crippen LogP contribution < -0.4 is 0 Å². The van der Waals surface area contributed by atoms with Gasteiger partial charge in [0.1, 0.15) is 5.82 Å². The second-order valence-electron chi connectivity index (χ2n) is 4.89. The van der Waals surface area contributed by atoms with Gasteiger partial charge in [-0.2, -0.15) is 0 Å². The van der Waals surface area contributed by atoms with Crippen molar-refractivity contribution < 1.29 is 4.39 Å². The molecule has 0 unspecified atom stereocenters. The molecule has 1 nitrogen and oxygen atoms in total. The Balaban J connectivity index is 2.10. The molecule has 0 amide bonds. The first kappa shape index (κ1) is 11.3. The van der Waals surface area contributed by atoms with Crippen LogP contribution in [-0.4, -0.2) is 4.98 Å². The minimum atomic E-state index is -0.166. The predicted octanol–water partition coefficient (Wildman–Crippen LogP) is 5.12. The van der Waals surface area contributed by atoms with Crippen molar-refractivity contribution in [2.24, 2.45) is 0 Å². The molecule has 0 spiro atoms. The van der Waals surface area contributed by atoms with Gasteiger partial charge in [-0.15, -0.1) is 0 Å². The van der Waals surface area contributed by atoms with Crippen molar-refractivity contribution in [2.75, 3.05) is 0 Å². The van der Waals surface area contributed by atoms with Gasteiger partial charge in [-0.1, -0.05) is 19.3 Å². The Labute approximate surface area is 109 Å². The van der Waals surface area contributed by atoms with Crippen LogP contribution in [0.15, 0.2) is 22.8 Å². The molecular formula is C14H15BrFN. The van der Waals surface area contributed by atoms with Gasteiger partial charge in [0.2, 0.25) is 0 Å². The van der Waals surface area contributed by atoms with Crippen LogP contribution in [0.1, 0.15) is 43.6 Å². The van der Waals surface area contributed by atoms with Gasteiger partial charge in [0, 0.05) is 16.1 Å². The van der Waals surface area contributed by atoms with E-state index in [1.165, 1.54) is 43.7 Å². The minimum absolute atomic E-state index is 0.166. The number of fused-ring (bicyclic) bond motifs is 1. The van der Waals surface area contributed by atoms with Crippen molar-refractivity contribution in [2.45, 2.75) is 38.0 Å². The van der Waals surface area contributed by atoms with E-state index in [2.05, 4.69) is 27.1 Å². The summed E-state index contributed by atoms with van der Waals surface area (Å²) < 4.78 is 14.3. The topological polar surface area (TPSA) is 15.8 Å². The largest absolute Gasteiger partial charge is 0.360 e. The van der Waals surface area contributed by atoms with Crippen LogP contribution in [0.4, 0.5) is 4.39 Å². The second kappa shape index (κ2) is 4.45. The molecule has 0 radical (unpaired) electrons. The van der Waals surface area contributed by atoms with E-state index in [0.717, 1.165) is 15.4 Å². The SMILES string of the molecule is Fc1cc(Br)c2[nH]cc(C3CCCCC3)c2c1. The first-order valence-electron chi connectivity index (χ1n) is 6.22. The summed E-state index contributed by atoms with van der Waals surface area (Å²) in [5.41, 5.74) is 2.31. The molecule has 0 bridgehead atoms. The van der Waals surface area contributed by atoms with E-state index in [1.807, 2.05) is 0 Å². The zero-order valence-electron chi connectivity index (χ0n) is 9.60. The van der Waals surface area contributed by atoms with E-state index in [4.69, 9.17) is 0 Å². The molecule has 1 heterocycles. The van der Waals surface area contributed by atoms with Gasteiger partial charge in [0.25, 0.3) is 0 Å². The zero-order valence-corrected chi connectivity index (χ0v) is 11.2. The fourth-order valence-electron chi connectivity index (χ4n) is 2.93. The van der Waals surface area contributed by atoms with E-state index in [9.17, 15) is 4.39 Å². The lowest BCUT2D eigenvalue weighted by Crippen LogP contribution is -2.03. The van der Waals surface area contributed by atoms with Crippen LogP contribution in [0.5, 0.6) is 0 Å². The first-order valence-corrected chi connectivity index (χ1v) is 7.01. The van der Waals surface area contributed by atoms with E-state index >= 15 is 0 Å². The number of halogens is 2. The molecule has 2 aromatic rings. The molecule has 3 rings (SSSR count). The average Bonchev–Trinajstić information content (AvgIpc) is 2.74. The Bertz CT molecular complexity index is 540. The summed E-state index contributed by atoms with van der Waals surface area (Å²) in [5.74, 6) is 0.437. The molecule has 1 aromatic heterocycles. The molecule has 1 aromatic carbocycles. The summed E-state index contributed by atoms with van der Waals surface area (Å²) in [7, 11) is 0. The maximum Gasteiger partial charge on any atom is 0.125 e. The lowest BCUT2D eigenvalue weighted by atomic mass is 9.84. The Morgan fingerprint density at radius 2 is 1.94 bits per heavy atom. The quantitative estimate of drug-likeness (QED) is 0.752. The number of H-pyrrole nitrogens is 1. The number of nitrogens with one attached hydrogen (secondary N) is 1. The fourth-order valence-corrected chi connectivity index (χ4v) is 3.47. The number of hydrogen-bond acceptors (Lipinski definition) is 0. The molecule has 1 N–H and O–H groups in total. The van der Waals surface area contributed by atoms with Gasteiger partial charge < -0.3 is 4.98 Å². The maximum atomic E-state index is 13.5. The molecule has 1 saturated carbocycles. The second-order valence-corrected chi connectivity index (χ2v) is 5.74. The van der Waals surface area contributed by atoms with E-state index in [0.29, 0.717) is 5.92 Å². The number of benzene rings is 1. The van der Waals surface area contributed by atoms with Gasteiger partial charge >= 0.3 is 0 Å². The summed E-state index contributed by atoms with van der Waals surface area (Å²) in [5, 5.41) is 1.05. The first-order chi connectivity index (χ1) is 8.25. The highest BCUT2D eigenvalue weighted by atomic mass is 79.9. The van der Waals surface area contributed by atoms with Crippen molar-refractivity contribution >= 4 is 26.8 Å². The molecule has 90 valence electrons. The normalized spacial score (nSPS) is 17.8. The number of aromatic amines is 1. The summed E-state index contributed by atoms with van der Waals surface area (Å²) in [4.78, 5) is 3.27. The Morgan fingerprint density at radius 3 is 2.71 bits per heavy atom. The molecule has 17 heavy (non-hydrogen) atoms. The smallest absolute Gasteiger partial charge is 0.125 e. The molecule has 0 atom stereocenters. The third-order valence-electron chi connectivity index (χ3n) is 3.78. The van der Waals surface area contributed by atoms with Crippen LogP contribution in [0.25, 0.3) is 10.9 Å². The van der Waals surface area contributed by atoms with E-state index in [-0.39, 0.29) is 5.82 Å². The van der Waals surface area contributed by atoms with Gasteiger partial charge in [0.15, 0.2) is 0 Å². The Hall–Kier alpha value is -0.830. The molecule has 1 aliphatic carbocycles. The molecule has 0 aliphatic heterocycles. The molecule has 1 aliphatic rings. The number of aromatic nitrogens is 1. The van der Waals surface area contributed by atoms with Crippen molar-refractivity contribution in [3.8, 4) is 0 Å². The number of hydrogen-bond donors (Lipinski definition) is 1. The van der Waals surface area contributed by atoms with Gasteiger partial charge in [-0.05, 0) is 52.4 Å². The third-order valence-corrected chi connectivity index (χ3v) is 4.41. The third kappa shape index (κ3) is 2.01. The molecule has 0 saturated heterocycles. The van der Waals surface area contributed by atoms with Gasteiger partial charge in [0.05, 0.1) is 5.52 Å². The molecule has 3 heteroatoms. The molecule has 1 fully saturated rings. The highest BCUT2D eigenvalue weighted by Gasteiger charge is 2.19. The van der Waals surface area contributed by atoms with Crippen molar-refractivity contribution in [3.05, 3.63) is 34.2 Å². The average molecular weight is 296 g/mol. The number of rotatable bonds is 1.